The van der Waals surface area contributed by atoms with Crippen molar-refractivity contribution in [2.24, 2.45) is 0 Å². The fraction of sp³-hybridized carbons (Fsp3) is 0. The van der Waals surface area contributed by atoms with E-state index in [0.29, 0.717) is 0 Å². The first kappa shape index (κ1) is 31.1. The number of hydrogen-bond donors (Lipinski definition) is 0. The fourth-order valence-corrected chi connectivity index (χ4v) is 0. The molecule has 0 aromatic carbocycles. The Balaban J connectivity index is -0.0000000369. The molecule has 0 spiro atoms. The van der Waals surface area contributed by atoms with Crippen LogP contribution < -0.4 is 0 Å². The van der Waals surface area contributed by atoms with Gasteiger partial charge in [-0.1, -0.05) is 0 Å². The SMILES string of the molecule is FP(F)F.FP(F)F.FP(F)F.FP(F)F.[RuH4]. The molecule has 17 heteroatoms. The van der Waals surface area contributed by atoms with E-state index >= 15 is 0 Å². The summed E-state index contributed by atoms with van der Waals surface area (Å²) in [5, 5.41) is 0. The fourth-order valence-electron chi connectivity index (χ4n) is 0. The summed E-state index contributed by atoms with van der Waals surface area (Å²) in [6.07, 6.45) is 0. The Kier molecular flexibility index (Phi) is 47.8. The van der Waals surface area contributed by atoms with Gasteiger partial charge in [0.15, 0.2) is 0 Å². The second-order valence-electron chi connectivity index (χ2n) is 0.767. The van der Waals surface area contributed by atoms with E-state index in [0.717, 1.165) is 0 Å². The Morgan fingerprint density at radius 1 is 0.294 bits per heavy atom. The molecule has 0 unspecified atom stereocenters. The number of halogens is 12. The van der Waals surface area contributed by atoms with Gasteiger partial charge in [0.25, 0.3) is 0 Å². The maximum absolute atomic E-state index is 9.73. The van der Waals surface area contributed by atoms with Crippen LogP contribution in [0.15, 0.2) is 0 Å². The maximum atomic E-state index is 9.73. The van der Waals surface area contributed by atoms with Crippen molar-refractivity contribution in [3.05, 3.63) is 0 Å². The Hall–Kier alpha value is 1.50. The quantitative estimate of drug-likeness (QED) is 0.202. The molecule has 0 aliphatic heterocycles. The van der Waals surface area contributed by atoms with Crippen molar-refractivity contribution in [1.29, 1.82) is 0 Å². The van der Waals surface area contributed by atoms with Crippen LogP contribution in [0.1, 0.15) is 0 Å². The number of rotatable bonds is 0. The molecule has 0 nitrogen and oxygen atoms in total. The third-order valence-electron chi connectivity index (χ3n) is 0. The molecule has 0 amide bonds. The van der Waals surface area contributed by atoms with Crippen molar-refractivity contribution in [1.82, 2.24) is 0 Å². The third kappa shape index (κ3) is 1860. The van der Waals surface area contributed by atoms with Crippen molar-refractivity contribution in [2.45, 2.75) is 0 Å². The molecular weight excluding hydrogens is 453 g/mol. The predicted octanol–water partition coefficient (Wildman–Crippen LogP) is 7.41. The van der Waals surface area contributed by atoms with E-state index in [9.17, 15) is 50.4 Å². The molecule has 0 saturated heterocycles. The van der Waals surface area contributed by atoms with Crippen molar-refractivity contribution < 1.29 is 69.8 Å². The summed E-state index contributed by atoms with van der Waals surface area (Å²) in [7, 11) is -16.5. The van der Waals surface area contributed by atoms with Gasteiger partial charge in [-0.15, -0.1) is 0 Å². The summed E-state index contributed by atoms with van der Waals surface area (Å²) in [5.41, 5.74) is 0. The number of hydrogen-bond acceptors (Lipinski definition) is 0. The van der Waals surface area contributed by atoms with Crippen molar-refractivity contribution in [3.63, 3.8) is 0 Å². The summed E-state index contributed by atoms with van der Waals surface area (Å²) in [6, 6.07) is 0. The third-order valence-corrected chi connectivity index (χ3v) is 0. The van der Waals surface area contributed by atoms with Gasteiger partial charge < -0.3 is 0 Å². The van der Waals surface area contributed by atoms with E-state index in [4.69, 9.17) is 0 Å². The molecule has 116 valence electrons. The molecule has 17 heavy (non-hydrogen) atoms. The molecule has 0 atom stereocenters. The van der Waals surface area contributed by atoms with Crippen LogP contribution in [0, 0.1) is 0 Å². The van der Waals surface area contributed by atoms with Crippen molar-refractivity contribution in [2.75, 3.05) is 0 Å². The van der Waals surface area contributed by atoms with Crippen LogP contribution in [0.3, 0.4) is 0 Å². The minimum atomic E-state index is -4.12. The Labute approximate surface area is 106 Å². The predicted molar refractivity (Wildman–Crippen MR) is 46.6 cm³/mol. The zero-order valence-corrected chi connectivity index (χ0v) is 12.9. The van der Waals surface area contributed by atoms with Crippen LogP contribution in [0.4, 0.5) is 50.4 Å². The summed E-state index contributed by atoms with van der Waals surface area (Å²) in [5.74, 6) is 0. The summed E-state index contributed by atoms with van der Waals surface area (Å²) < 4.78 is 117. The van der Waals surface area contributed by atoms with Gasteiger partial charge in [-0.2, -0.15) is 50.4 Å². The first-order valence-electron chi connectivity index (χ1n) is 2.03. The summed E-state index contributed by atoms with van der Waals surface area (Å²) in [6.45, 7) is 0. The van der Waals surface area contributed by atoms with Gasteiger partial charge in [0.1, 0.15) is 0 Å². The van der Waals surface area contributed by atoms with E-state index in [-0.39, 0.29) is 19.5 Å². The van der Waals surface area contributed by atoms with Gasteiger partial charge in [-0.3, -0.25) is 0 Å². The average molecular weight is 457 g/mol. The first-order valence-corrected chi connectivity index (χ1v) is 6.09. The molecule has 0 radical (unpaired) electrons. The molecule has 0 aromatic rings. The second kappa shape index (κ2) is 26.1. The van der Waals surface area contributed by atoms with Gasteiger partial charge in [-0.25, -0.2) is 0 Å². The second-order valence-corrected chi connectivity index (χ2v) is 2.30. The van der Waals surface area contributed by atoms with Crippen molar-refractivity contribution in [3.8, 4) is 0 Å². The van der Waals surface area contributed by atoms with E-state index in [1.54, 1.807) is 0 Å². The van der Waals surface area contributed by atoms with Gasteiger partial charge in [-0.05, 0) is 0 Å². The monoisotopic (exact) mass is 458 g/mol. The van der Waals surface area contributed by atoms with Crippen LogP contribution >= 0.6 is 35.4 Å². The Morgan fingerprint density at radius 3 is 0.294 bits per heavy atom. The van der Waals surface area contributed by atoms with E-state index in [2.05, 4.69) is 0 Å². The first-order chi connectivity index (χ1) is 6.93. The normalized spacial score (nSPS) is 8.47. The molecule has 0 N–H and O–H groups in total. The molecule has 0 heterocycles. The molecule has 0 rings (SSSR count). The topological polar surface area (TPSA) is 0 Å². The van der Waals surface area contributed by atoms with E-state index in [1.165, 1.54) is 0 Å². The van der Waals surface area contributed by atoms with Crippen LogP contribution in [0.2, 0.25) is 0 Å². The Morgan fingerprint density at radius 2 is 0.294 bits per heavy atom. The van der Waals surface area contributed by atoms with Gasteiger partial charge in [0.05, 0.1) is 0 Å². The van der Waals surface area contributed by atoms with Crippen LogP contribution in [-0.2, 0) is 19.5 Å². The van der Waals surface area contributed by atoms with Gasteiger partial charge >= 0.3 is 54.9 Å². The van der Waals surface area contributed by atoms with E-state index < -0.39 is 35.4 Å². The molecule has 0 fully saturated rings. The van der Waals surface area contributed by atoms with Gasteiger partial charge in [0.2, 0.25) is 0 Å². The Bertz CT molecular complexity index is 61.5. The summed E-state index contributed by atoms with van der Waals surface area (Å²) in [4.78, 5) is 0. The standard InChI is InChI=1S/4F3P.Ru.4H/c4*1-4(2)3;;;;;. The van der Waals surface area contributed by atoms with Crippen LogP contribution in [0.5, 0.6) is 0 Å². The molecule has 0 aliphatic rings. The van der Waals surface area contributed by atoms with Crippen molar-refractivity contribution >= 4 is 35.4 Å². The zero-order valence-electron chi connectivity index (χ0n) is 6.82. The molecule has 0 aliphatic carbocycles. The molecule has 0 aromatic heterocycles. The molecule has 0 saturated carbocycles. The van der Waals surface area contributed by atoms with Crippen LogP contribution in [-0.4, -0.2) is 0 Å². The molecular formula is H4F12P4Ru. The summed E-state index contributed by atoms with van der Waals surface area (Å²) >= 11 is 0. The molecule has 0 bridgehead atoms. The average Bonchev–Trinajstić information content (AvgIpc) is 1.76. The van der Waals surface area contributed by atoms with E-state index in [1.807, 2.05) is 0 Å². The minimum absolute atomic E-state index is 0. The van der Waals surface area contributed by atoms with Gasteiger partial charge in [0, 0.05) is 0 Å². The zero-order chi connectivity index (χ0) is 14.3. The van der Waals surface area contributed by atoms with Crippen LogP contribution in [0.25, 0.3) is 0 Å².